The second kappa shape index (κ2) is 35.7. The molecule has 11 heteroatoms. The van der Waals surface area contributed by atoms with Crippen LogP contribution in [-0.4, -0.2) is 134 Å². The monoisotopic (exact) mass is 705 g/mol. The number of nitrogens with one attached hydrogen (secondary N) is 7. The second-order valence-electron chi connectivity index (χ2n) is 13.6. The van der Waals surface area contributed by atoms with Gasteiger partial charge in [-0.15, -0.1) is 0 Å². The topological polar surface area (TPSA) is 134 Å². The summed E-state index contributed by atoms with van der Waals surface area (Å²) in [7, 11) is 1.98. The number of rotatable bonds is 24. The Balaban J connectivity index is 0.00000108. The van der Waals surface area contributed by atoms with Gasteiger partial charge in [0.15, 0.2) is 0 Å². The normalized spacial score (nSPS) is 15.6. The standard InChI is InChI=1S/C31H60N8O.C8H20N2/c1-33-15-4-2-5-18-37-31(40)9-3-6-22-38-23-8-24-39(26-21-35-17-7-16-34-20-25-38)28-30-12-10-29(11-13-30)27-36-19-14-32;1-3-5-9-7-8-10-6-4-2/h10-13,33-36H,2-9,14-28,32H2,1H3,(H,37,40);9-10H,3-8H2,1-2H3. The molecule has 0 spiro atoms. The summed E-state index contributed by atoms with van der Waals surface area (Å²) >= 11 is 0. The number of amides is 1. The van der Waals surface area contributed by atoms with Crippen LogP contribution in [0.3, 0.4) is 0 Å². The molecule has 11 nitrogen and oxygen atoms in total. The Bertz CT molecular complexity index is 852. The average molecular weight is 705 g/mol. The first kappa shape index (κ1) is 46.4. The van der Waals surface area contributed by atoms with Crippen LogP contribution < -0.4 is 43.0 Å². The third kappa shape index (κ3) is 29.0. The second-order valence-corrected chi connectivity index (χ2v) is 13.6. The first-order chi connectivity index (χ1) is 24.6. The molecule has 0 bridgehead atoms. The lowest BCUT2D eigenvalue weighted by atomic mass is 10.1. The fraction of sp³-hybridized carbons (Fsp3) is 0.821. The van der Waals surface area contributed by atoms with E-state index in [9.17, 15) is 4.79 Å². The lowest BCUT2D eigenvalue weighted by Gasteiger charge is -2.27. The van der Waals surface area contributed by atoms with Crippen molar-refractivity contribution in [1.29, 1.82) is 0 Å². The van der Waals surface area contributed by atoms with Crippen LogP contribution in [0.15, 0.2) is 24.3 Å². The lowest BCUT2D eigenvalue weighted by molar-refractivity contribution is -0.121. The molecule has 9 N–H and O–H groups in total. The minimum atomic E-state index is 0.209. The van der Waals surface area contributed by atoms with Gasteiger partial charge in [-0.05, 0) is 122 Å². The Labute approximate surface area is 307 Å². The first-order valence-electron chi connectivity index (χ1n) is 20.3. The predicted octanol–water partition coefficient (Wildman–Crippen LogP) is 2.47. The van der Waals surface area contributed by atoms with Gasteiger partial charge in [0.05, 0.1) is 0 Å². The van der Waals surface area contributed by atoms with Crippen LogP contribution in [0.4, 0.5) is 0 Å². The Hall–Kier alpha value is -1.67. The molecule has 0 aliphatic carbocycles. The van der Waals surface area contributed by atoms with Crippen LogP contribution in [0.2, 0.25) is 0 Å². The van der Waals surface area contributed by atoms with E-state index in [2.05, 4.69) is 85.1 Å². The van der Waals surface area contributed by atoms with Gasteiger partial charge < -0.3 is 47.9 Å². The van der Waals surface area contributed by atoms with E-state index in [0.717, 1.165) is 156 Å². The number of carbonyl (C=O) groups excluding carboxylic acids is 1. The van der Waals surface area contributed by atoms with Crippen molar-refractivity contribution in [2.75, 3.05) is 118 Å². The minimum Gasteiger partial charge on any atom is -0.356 e. The number of hydrogen-bond acceptors (Lipinski definition) is 10. The summed E-state index contributed by atoms with van der Waals surface area (Å²) in [5.74, 6) is 0.209. The van der Waals surface area contributed by atoms with E-state index in [1.165, 1.54) is 30.4 Å². The van der Waals surface area contributed by atoms with Crippen molar-refractivity contribution in [3.63, 3.8) is 0 Å². The van der Waals surface area contributed by atoms with Gasteiger partial charge in [-0.3, -0.25) is 9.69 Å². The summed E-state index contributed by atoms with van der Waals surface area (Å²) in [4.78, 5) is 17.4. The zero-order chi connectivity index (χ0) is 36.2. The van der Waals surface area contributed by atoms with Crippen molar-refractivity contribution in [2.24, 2.45) is 5.73 Å². The van der Waals surface area contributed by atoms with Gasteiger partial charge in [0.1, 0.15) is 0 Å². The van der Waals surface area contributed by atoms with Gasteiger partial charge in [-0.1, -0.05) is 44.5 Å². The largest absolute Gasteiger partial charge is 0.356 e. The number of nitrogens with two attached hydrogens (primary N) is 1. The van der Waals surface area contributed by atoms with Crippen LogP contribution in [0.25, 0.3) is 0 Å². The van der Waals surface area contributed by atoms with Crippen LogP contribution in [0.5, 0.6) is 0 Å². The van der Waals surface area contributed by atoms with Crippen LogP contribution >= 0.6 is 0 Å². The quantitative estimate of drug-likeness (QED) is 0.0760. The molecule has 1 saturated heterocycles. The highest BCUT2D eigenvalue weighted by Crippen LogP contribution is 2.09. The first-order valence-corrected chi connectivity index (χ1v) is 20.3. The lowest BCUT2D eigenvalue weighted by Crippen LogP contribution is -2.38. The van der Waals surface area contributed by atoms with Crippen molar-refractivity contribution in [1.82, 2.24) is 47.0 Å². The molecule has 0 saturated carbocycles. The molecule has 1 amide bonds. The molecule has 1 fully saturated rings. The molecule has 0 radical (unpaired) electrons. The number of carbonyl (C=O) groups is 1. The summed E-state index contributed by atoms with van der Waals surface area (Å²) in [5, 5.41) is 23.5. The molecule has 0 unspecified atom stereocenters. The van der Waals surface area contributed by atoms with E-state index in [1.54, 1.807) is 0 Å². The molecule has 1 aliphatic rings. The fourth-order valence-electron chi connectivity index (χ4n) is 5.86. The maximum absolute atomic E-state index is 12.2. The van der Waals surface area contributed by atoms with Gasteiger partial charge in [-0.2, -0.15) is 0 Å². The third-order valence-electron chi connectivity index (χ3n) is 8.83. The number of hydrogen-bond donors (Lipinski definition) is 8. The van der Waals surface area contributed by atoms with Crippen molar-refractivity contribution in [3.8, 4) is 0 Å². The zero-order valence-corrected chi connectivity index (χ0v) is 32.7. The smallest absolute Gasteiger partial charge is 0.219 e. The molecule has 0 aromatic heterocycles. The summed E-state index contributed by atoms with van der Waals surface area (Å²) in [6, 6.07) is 9.02. The van der Waals surface area contributed by atoms with Crippen LogP contribution in [0, 0.1) is 0 Å². The van der Waals surface area contributed by atoms with E-state index >= 15 is 0 Å². The summed E-state index contributed by atoms with van der Waals surface area (Å²) in [6.45, 7) is 23.7. The van der Waals surface area contributed by atoms with Gasteiger partial charge in [-0.25, -0.2) is 0 Å². The van der Waals surface area contributed by atoms with Crippen molar-refractivity contribution in [2.45, 2.75) is 91.1 Å². The number of benzene rings is 1. The van der Waals surface area contributed by atoms with E-state index in [-0.39, 0.29) is 5.91 Å². The van der Waals surface area contributed by atoms with Gasteiger partial charge in [0.25, 0.3) is 0 Å². The van der Waals surface area contributed by atoms with Gasteiger partial charge in [0, 0.05) is 78.4 Å². The highest BCUT2D eigenvalue weighted by Gasteiger charge is 2.11. The van der Waals surface area contributed by atoms with Gasteiger partial charge in [0.2, 0.25) is 5.91 Å². The maximum atomic E-state index is 12.2. The molecular formula is C39H80N10O. The Kier molecular flexibility index (Phi) is 33.1. The van der Waals surface area contributed by atoms with Gasteiger partial charge >= 0.3 is 0 Å². The fourth-order valence-corrected chi connectivity index (χ4v) is 5.86. The summed E-state index contributed by atoms with van der Waals surface area (Å²) in [6.07, 6.45) is 10.9. The Morgan fingerprint density at radius 2 is 1.32 bits per heavy atom. The molecule has 1 aromatic rings. The summed E-state index contributed by atoms with van der Waals surface area (Å²) in [5.41, 5.74) is 8.27. The Morgan fingerprint density at radius 1 is 0.680 bits per heavy atom. The van der Waals surface area contributed by atoms with E-state index in [0.29, 0.717) is 13.0 Å². The van der Waals surface area contributed by atoms with Crippen LogP contribution in [-0.2, 0) is 17.9 Å². The minimum absolute atomic E-state index is 0.209. The molecule has 1 heterocycles. The van der Waals surface area contributed by atoms with Crippen LogP contribution in [0.1, 0.15) is 89.2 Å². The third-order valence-corrected chi connectivity index (χ3v) is 8.83. The summed E-state index contributed by atoms with van der Waals surface area (Å²) < 4.78 is 0. The van der Waals surface area contributed by atoms with Crippen molar-refractivity contribution < 1.29 is 4.79 Å². The average Bonchev–Trinajstić information content (AvgIpc) is 3.12. The zero-order valence-electron chi connectivity index (χ0n) is 32.7. The highest BCUT2D eigenvalue weighted by molar-refractivity contribution is 5.75. The molecule has 292 valence electrons. The molecule has 1 aromatic carbocycles. The highest BCUT2D eigenvalue weighted by atomic mass is 16.1. The van der Waals surface area contributed by atoms with E-state index in [1.807, 2.05) is 7.05 Å². The SMILES string of the molecule is CCCNCCNCCC.CNCCCCCNC(=O)CCCCN1CCCN(Cc2ccc(CNCCN)cc2)CCNCCCNCC1. The van der Waals surface area contributed by atoms with Crippen molar-refractivity contribution >= 4 is 5.91 Å². The Morgan fingerprint density at radius 3 is 1.98 bits per heavy atom. The van der Waals surface area contributed by atoms with E-state index < -0.39 is 0 Å². The molecule has 1 aliphatic heterocycles. The molecule has 0 atom stereocenters. The van der Waals surface area contributed by atoms with E-state index in [4.69, 9.17) is 5.73 Å². The maximum Gasteiger partial charge on any atom is 0.219 e. The molecular weight excluding hydrogens is 624 g/mol. The number of nitrogens with zero attached hydrogens (tertiary/aromatic N) is 2. The molecule has 50 heavy (non-hydrogen) atoms. The number of unbranched alkanes of at least 4 members (excludes halogenated alkanes) is 3. The molecule has 2 rings (SSSR count). The van der Waals surface area contributed by atoms with Crippen molar-refractivity contribution in [3.05, 3.63) is 35.4 Å². The predicted molar refractivity (Wildman–Crippen MR) is 215 cm³/mol.